The van der Waals surface area contributed by atoms with Crippen molar-refractivity contribution in [2.45, 2.75) is 13.3 Å². The number of rotatable bonds is 5. The number of carbonyl (C=O) groups excluding carboxylic acids is 1. The van der Waals surface area contributed by atoms with Crippen molar-refractivity contribution in [2.75, 3.05) is 12.4 Å². The van der Waals surface area contributed by atoms with Crippen molar-refractivity contribution in [1.29, 1.82) is 0 Å². The second kappa shape index (κ2) is 7.17. The van der Waals surface area contributed by atoms with Gasteiger partial charge in [0.1, 0.15) is 11.6 Å². The molecule has 1 heterocycles. The van der Waals surface area contributed by atoms with Gasteiger partial charge in [-0.3, -0.25) is 4.79 Å². The maximum absolute atomic E-state index is 13.8. The lowest BCUT2D eigenvalue weighted by Gasteiger charge is -2.10. The summed E-state index contributed by atoms with van der Waals surface area (Å²) in [4.78, 5) is 12.3. The molecule has 1 aromatic heterocycles. The highest BCUT2D eigenvalue weighted by molar-refractivity contribution is 5.93. The maximum Gasteiger partial charge on any atom is 0.230 e. The minimum atomic E-state index is -0.404. The van der Waals surface area contributed by atoms with Crippen LogP contribution in [0.15, 0.2) is 53.1 Å². The van der Waals surface area contributed by atoms with Gasteiger partial charge in [-0.15, -0.1) is 0 Å². The van der Waals surface area contributed by atoms with Crippen LogP contribution in [0.4, 0.5) is 10.1 Å². The molecule has 0 saturated heterocycles. The van der Waals surface area contributed by atoms with Gasteiger partial charge in [-0.2, -0.15) is 0 Å². The van der Waals surface area contributed by atoms with Crippen LogP contribution in [0.5, 0.6) is 5.75 Å². The monoisotopic (exact) mass is 340 g/mol. The molecule has 5 nitrogen and oxygen atoms in total. The van der Waals surface area contributed by atoms with E-state index in [9.17, 15) is 9.18 Å². The van der Waals surface area contributed by atoms with Crippen molar-refractivity contribution in [1.82, 2.24) is 5.16 Å². The van der Waals surface area contributed by atoms with Crippen molar-refractivity contribution in [3.8, 4) is 17.1 Å². The van der Waals surface area contributed by atoms with E-state index >= 15 is 0 Å². The lowest BCUT2D eigenvalue weighted by atomic mass is 10.1. The zero-order valence-corrected chi connectivity index (χ0v) is 13.9. The van der Waals surface area contributed by atoms with E-state index in [-0.39, 0.29) is 18.1 Å². The lowest BCUT2D eigenvalue weighted by molar-refractivity contribution is -0.115. The molecule has 0 bridgehead atoms. The second-order valence-electron chi connectivity index (χ2n) is 5.59. The van der Waals surface area contributed by atoms with Crippen molar-refractivity contribution in [3.63, 3.8) is 0 Å². The van der Waals surface area contributed by atoms with E-state index in [0.29, 0.717) is 22.7 Å². The van der Waals surface area contributed by atoms with Gasteiger partial charge >= 0.3 is 0 Å². The Hall–Kier alpha value is -3.15. The number of halogens is 1. The highest BCUT2D eigenvalue weighted by Gasteiger charge is 2.14. The van der Waals surface area contributed by atoms with Gasteiger partial charge in [-0.1, -0.05) is 23.4 Å². The summed E-state index contributed by atoms with van der Waals surface area (Å²) in [7, 11) is 1.54. The van der Waals surface area contributed by atoms with Crippen molar-refractivity contribution >= 4 is 11.6 Å². The van der Waals surface area contributed by atoms with Gasteiger partial charge in [0.15, 0.2) is 5.76 Å². The maximum atomic E-state index is 13.8. The van der Waals surface area contributed by atoms with E-state index in [2.05, 4.69) is 10.5 Å². The Morgan fingerprint density at radius 3 is 2.80 bits per heavy atom. The summed E-state index contributed by atoms with van der Waals surface area (Å²) in [5.41, 5.74) is 2.31. The number of nitrogens with zero attached hydrogens (tertiary/aromatic N) is 1. The molecular weight excluding hydrogens is 323 g/mol. The number of benzene rings is 2. The average Bonchev–Trinajstić information content (AvgIpc) is 3.03. The predicted molar refractivity (Wildman–Crippen MR) is 92.0 cm³/mol. The van der Waals surface area contributed by atoms with E-state index in [1.807, 2.05) is 19.1 Å². The largest absolute Gasteiger partial charge is 0.495 e. The van der Waals surface area contributed by atoms with E-state index < -0.39 is 5.82 Å². The van der Waals surface area contributed by atoms with Gasteiger partial charge in [-0.25, -0.2) is 4.39 Å². The standard InChI is InChI=1S/C19H17FN2O3/c1-12-7-8-17(24-2)16(9-12)21-19(23)11-13-10-18(25-22-13)14-5-3-4-6-15(14)20/h3-10H,11H2,1-2H3,(H,21,23). The summed E-state index contributed by atoms with van der Waals surface area (Å²) in [6.45, 7) is 1.92. The summed E-state index contributed by atoms with van der Waals surface area (Å²) in [6, 6.07) is 13.3. The molecule has 0 saturated carbocycles. The molecule has 6 heteroatoms. The number of aromatic nitrogens is 1. The summed E-state index contributed by atoms with van der Waals surface area (Å²) in [5, 5.41) is 6.63. The normalized spacial score (nSPS) is 10.5. The molecule has 0 aliphatic heterocycles. The Morgan fingerprint density at radius 1 is 1.24 bits per heavy atom. The van der Waals surface area contributed by atoms with E-state index in [1.165, 1.54) is 6.07 Å². The Labute approximate surface area is 144 Å². The van der Waals surface area contributed by atoms with Crippen LogP contribution in [0, 0.1) is 12.7 Å². The van der Waals surface area contributed by atoms with Crippen LogP contribution in [0.2, 0.25) is 0 Å². The third-order valence-electron chi connectivity index (χ3n) is 3.67. The Kier molecular flexibility index (Phi) is 4.79. The van der Waals surface area contributed by atoms with Gasteiger partial charge in [0.25, 0.3) is 0 Å². The van der Waals surface area contributed by atoms with E-state index in [4.69, 9.17) is 9.26 Å². The van der Waals surface area contributed by atoms with Gasteiger partial charge in [0, 0.05) is 6.07 Å². The third-order valence-corrected chi connectivity index (χ3v) is 3.67. The van der Waals surface area contributed by atoms with Gasteiger partial charge in [0.2, 0.25) is 5.91 Å². The number of anilines is 1. The molecule has 25 heavy (non-hydrogen) atoms. The number of hydrogen-bond donors (Lipinski definition) is 1. The number of carbonyl (C=O) groups is 1. The van der Waals surface area contributed by atoms with Gasteiger partial charge < -0.3 is 14.6 Å². The van der Waals surface area contributed by atoms with Gasteiger partial charge in [0.05, 0.1) is 30.5 Å². The third kappa shape index (κ3) is 3.85. The van der Waals surface area contributed by atoms with Crippen LogP contribution < -0.4 is 10.1 Å². The number of methoxy groups -OCH3 is 1. The molecule has 3 aromatic rings. The molecule has 1 amide bonds. The molecule has 0 radical (unpaired) electrons. The first-order valence-corrected chi connectivity index (χ1v) is 7.72. The van der Waals surface area contributed by atoms with E-state index in [0.717, 1.165) is 5.56 Å². The summed E-state index contributed by atoms with van der Waals surface area (Å²) >= 11 is 0. The predicted octanol–water partition coefficient (Wildman–Crippen LogP) is 3.98. The zero-order valence-electron chi connectivity index (χ0n) is 13.9. The van der Waals surface area contributed by atoms with Crippen LogP contribution >= 0.6 is 0 Å². The topological polar surface area (TPSA) is 64.4 Å². The van der Waals surface area contributed by atoms with Crippen LogP contribution in [0.25, 0.3) is 11.3 Å². The lowest BCUT2D eigenvalue weighted by Crippen LogP contribution is -2.15. The minimum absolute atomic E-state index is 0.00898. The molecule has 2 aromatic carbocycles. The van der Waals surface area contributed by atoms with E-state index in [1.54, 1.807) is 37.4 Å². The Morgan fingerprint density at radius 2 is 2.04 bits per heavy atom. The number of amides is 1. The second-order valence-corrected chi connectivity index (χ2v) is 5.59. The molecule has 1 N–H and O–H groups in total. The molecular formula is C19H17FN2O3. The highest BCUT2D eigenvalue weighted by Crippen LogP contribution is 2.26. The fraction of sp³-hybridized carbons (Fsp3) is 0.158. The molecule has 0 fully saturated rings. The highest BCUT2D eigenvalue weighted by atomic mass is 19.1. The minimum Gasteiger partial charge on any atom is -0.495 e. The number of aryl methyl sites for hydroxylation is 1. The van der Waals surface area contributed by atoms with Crippen molar-refractivity contribution in [2.24, 2.45) is 0 Å². The summed E-state index contributed by atoms with van der Waals surface area (Å²) in [6.07, 6.45) is 0.00898. The number of hydrogen-bond acceptors (Lipinski definition) is 4. The van der Waals surface area contributed by atoms with Crippen LogP contribution in [0.1, 0.15) is 11.3 Å². The Bertz CT molecular complexity index is 905. The van der Waals surface area contributed by atoms with Crippen molar-refractivity contribution < 1.29 is 18.4 Å². The van der Waals surface area contributed by atoms with Crippen molar-refractivity contribution in [3.05, 3.63) is 65.6 Å². The molecule has 0 unspecified atom stereocenters. The van der Waals surface area contributed by atoms with Crippen LogP contribution in [-0.4, -0.2) is 18.2 Å². The quantitative estimate of drug-likeness (QED) is 0.763. The molecule has 0 aliphatic rings. The molecule has 3 rings (SSSR count). The molecule has 0 atom stereocenters. The molecule has 0 aliphatic carbocycles. The zero-order chi connectivity index (χ0) is 17.8. The van der Waals surface area contributed by atoms with Crippen LogP contribution in [-0.2, 0) is 11.2 Å². The summed E-state index contributed by atoms with van der Waals surface area (Å²) < 4.78 is 24.2. The average molecular weight is 340 g/mol. The fourth-order valence-corrected chi connectivity index (χ4v) is 2.46. The first kappa shape index (κ1) is 16.7. The molecule has 128 valence electrons. The van der Waals surface area contributed by atoms with Crippen LogP contribution in [0.3, 0.4) is 0 Å². The smallest absolute Gasteiger partial charge is 0.230 e. The first-order chi connectivity index (χ1) is 12.1. The number of ether oxygens (including phenoxy) is 1. The Balaban J connectivity index is 1.72. The molecule has 0 spiro atoms. The fourth-order valence-electron chi connectivity index (χ4n) is 2.46. The van der Waals surface area contributed by atoms with Gasteiger partial charge in [-0.05, 0) is 36.8 Å². The SMILES string of the molecule is COc1ccc(C)cc1NC(=O)Cc1cc(-c2ccccc2F)on1. The summed E-state index contributed by atoms with van der Waals surface area (Å²) in [5.74, 6) is 0.191. The number of nitrogens with one attached hydrogen (secondary N) is 1. The first-order valence-electron chi connectivity index (χ1n) is 7.72.